The number of hydrogen-bond acceptors (Lipinski definition) is 3. The zero-order valence-electron chi connectivity index (χ0n) is 12.0. The minimum Gasteiger partial charge on any atom is -0.269 e. The molecule has 0 spiro atoms. The number of nitrogens with zero attached hydrogens (tertiary/aromatic N) is 2. The van der Waals surface area contributed by atoms with Crippen LogP contribution < -0.4 is 0 Å². The molecule has 2 aromatic carbocycles. The van der Waals surface area contributed by atoms with E-state index < -0.39 is 0 Å². The molecule has 0 atom stereocenters. The van der Waals surface area contributed by atoms with Gasteiger partial charge in [-0.25, -0.2) is 4.98 Å². The van der Waals surface area contributed by atoms with Gasteiger partial charge < -0.3 is 0 Å². The Bertz CT molecular complexity index is 812. The number of halogens is 1. The Labute approximate surface area is 139 Å². The monoisotopic (exact) mass is 330 g/mol. The lowest BCUT2D eigenvalue weighted by atomic mass is 10.2. The molecule has 5 heteroatoms. The van der Waals surface area contributed by atoms with E-state index in [2.05, 4.69) is 4.98 Å². The molecule has 3 nitrogen and oxygen atoms in total. The summed E-state index contributed by atoms with van der Waals surface area (Å²) in [6, 6.07) is 17.4. The fourth-order valence-electron chi connectivity index (χ4n) is 2.16. The number of hydrogen-bond donors (Lipinski definition) is 0. The van der Waals surface area contributed by atoms with Crippen molar-refractivity contribution >= 4 is 47.2 Å². The van der Waals surface area contributed by atoms with Crippen molar-refractivity contribution in [3.05, 3.63) is 66.2 Å². The van der Waals surface area contributed by atoms with Gasteiger partial charge in [-0.3, -0.25) is 9.36 Å². The number of para-hydroxylation sites is 2. The molecule has 1 aromatic heterocycles. The molecule has 22 heavy (non-hydrogen) atoms. The predicted octanol–water partition coefficient (Wildman–Crippen LogP) is 4.53. The largest absolute Gasteiger partial charge is 0.269 e. The van der Waals surface area contributed by atoms with Crippen molar-refractivity contribution in [3.8, 4) is 0 Å². The van der Waals surface area contributed by atoms with E-state index in [1.54, 1.807) is 10.6 Å². The van der Waals surface area contributed by atoms with Crippen LogP contribution in [0.25, 0.3) is 17.1 Å². The van der Waals surface area contributed by atoms with Gasteiger partial charge in [0.25, 0.3) is 5.91 Å². The Hall–Kier alpha value is -2.04. The van der Waals surface area contributed by atoms with Gasteiger partial charge in [0.15, 0.2) is 5.16 Å². The van der Waals surface area contributed by atoms with Gasteiger partial charge in [0.2, 0.25) is 0 Å². The molecule has 3 aromatic rings. The third-order valence-electron chi connectivity index (χ3n) is 3.15. The maximum Gasteiger partial charge on any atom is 0.257 e. The lowest BCUT2D eigenvalue weighted by Crippen LogP contribution is -2.08. The molecule has 0 aliphatic carbocycles. The average molecular weight is 331 g/mol. The molecule has 0 saturated heterocycles. The van der Waals surface area contributed by atoms with Crippen molar-refractivity contribution < 1.29 is 4.79 Å². The molecule has 0 bridgehead atoms. The van der Waals surface area contributed by atoms with Crippen LogP contribution in [0.2, 0.25) is 0 Å². The standard InChI is InChI=1S/C17H14N2OS.ClH/c1-21-17-18-14-9-5-6-10-15(14)19(17)16(20)12-11-13-7-3-2-4-8-13;/h2-12H,1H3;1H/b12-11+;. The second-order valence-corrected chi connectivity index (χ2v) is 5.28. The number of rotatable bonds is 3. The highest BCUT2D eigenvalue weighted by molar-refractivity contribution is 7.98. The Kier molecular flexibility index (Phi) is 5.41. The summed E-state index contributed by atoms with van der Waals surface area (Å²) in [4.78, 5) is 17.0. The minimum absolute atomic E-state index is 0. The lowest BCUT2D eigenvalue weighted by Gasteiger charge is -2.02. The SMILES string of the molecule is CSc1nc2ccccc2n1C(=O)/C=C/c1ccccc1.Cl. The molecule has 0 N–H and O–H groups in total. The van der Waals surface area contributed by atoms with Crippen LogP contribution in [0.3, 0.4) is 0 Å². The fourth-order valence-corrected chi connectivity index (χ4v) is 2.72. The summed E-state index contributed by atoms with van der Waals surface area (Å²) >= 11 is 1.47. The van der Waals surface area contributed by atoms with Crippen LogP contribution >= 0.6 is 24.2 Å². The zero-order chi connectivity index (χ0) is 14.7. The highest BCUT2D eigenvalue weighted by Crippen LogP contribution is 2.22. The highest BCUT2D eigenvalue weighted by atomic mass is 35.5. The number of carbonyl (C=O) groups is 1. The average Bonchev–Trinajstić information content (AvgIpc) is 2.92. The number of carbonyl (C=O) groups excluding carboxylic acids is 1. The Balaban J connectivity index is 0.00000176. The maximum atomic E-state index is 12.5. The van der Waals surface area contributed by atoms with Crippen molar-refractivity contribution in [1.29, 1.82) is 0 Å². The molecular weight excluding hydrogens is 316 g/mol. The lowest BCUT2D eigenvalue weighted by molar-refractivity contribution is 0.0965. The minimum atomic E-state index is -0.0862. The highest BCUT2D eigenvalue weighted by Gasteiger charge is 2.13. The summed E-state index contributed by atoms with van der Waals surface area (Å²) in [5.41, 5.74) is 2.67. The van der Waals surface area contributed by atoms with E-state index in [1.165, 1.54) is 11.8 Å². The van der Waals surface area contributed by atoms with Gasteiger partial charge in [0.05, 0.1) is 11.0 Å². The van der Waals surface area contributed by atoms with Gasteiger partial charge in [-0.15, -0.1) is 12.4 Å². The number of benzene rings is 2. The molecule has 3 rings (SSSR count). The molecule has 0 aliphatic heterocycles. The molecule has 0 aliphatic rings. The second kappa shape index (κ2) is 7.29. The van der Waals surface area contributed by atoms with E-state index in [4.69, 9.17) is 0 Å². The summed E-state index contributed by atoms with van der Waals surface area (Å²) in [6.07, 6.45) is 5.33. The molecule has 1 heterocycles. The number of fused-ring (bicyclic) bond motifs is 1. The summed E-state index contributed by atoms with van der Waals surface area (Å²) in [7, 11) is 0. The van der Waals surface area contributed by atoms with Crippen molar-refractivity contribution in [3.63, 3.8) is 0 Å². The summed E-state index contributed by atoms with van der Waals surface area (Å²) < 4.78 is 1.65. The number of aromatic nitrogens is 2. The van der Waals surface area contributed by atoms with Gasteiger partial charge in [-0.05, 0) is 30.0 Å². The third kappa shape index (κ3) is 3.24. The maximum absolute atomic E-state index is 12.5. The molecule has 0 amide bonds. The van der Waals surface area contributed by atoms with Crippen LogP contribution in [0.5, 0.6) is 0 Å². The summed E-state index contributed by atoms with van der Waals surface area (Å²) in [6.45, 7) is 0. The fraction of sp³-hybridized carbons (Fsp3) is 0.0588. The number of thioether (sulfide) groups is 1. The van der Waals surface area contributed by atoms with Crippen molar-refractivity contribution in [2.45, 2.75) is 5.16 Å². The molecule has 112 valence electrons. The number of allylic oxidation sites excluding steroid dienone is 1. The molecule has 0 saturated carbocycles. The van der Waals surface area contributed by atoms with E-state index in [9.17, 15) is 4.79 Å². The Morgan fingerprint density at radius 3 is 2.50 bits per heavy atom. The first-order valence-electron chi connectivity index (χ1n) is 6.58. The molecular formula is C17H15ClN2OS. The van der Waals surface area contributed by atoms with Crippen LogP contribution in [0.15, 0.2) is 65.8 Å². The Morgan fingerprint density at radius 1 is 1.09 bits per heavy atom. The van der Waals surface area contributed by atoms with E-state index >= 15 is 0 Å². The van der Waals surface area contributed by atoms with Gasteiger partial charge >= 0.3 is 0 Å². The quantitative estimate of drug-likeness (QED) is 0.522. The van der Waals surface area contributed by atoms with E-state index in [0.717, 1.165) is 16.6 Å². The van der Waals surface area contributed by atoms with Crippen molar-refractivity contribution in [1.82, 2.24) is 9.55 Å². The van der Waals surface area contributed by atoms with Crippen molar-refractivity contribution in [2.75, 3.05) is 6.26 Å². The molecule has 0 fully saturated rings. The molecule has 0 radical (unpaired) electrons. The van der Waals surface area contributed by atoms with Crippen molar-refractivity contribution in [2.24, 2.45) is 0 Å². The zero-order valence-corrected chi connectivity index (χ0v) is 13.6. The topological polar surface area (TPSA) is 34.9 Å². The van der Waals surface area contributed by atoms with Crippen LogP contribution in [0, 0.1) is 0 Å². The van der Waals surface area contributed by atoms with Gasteiger partial charge in [0.1, 0.15) is 0 Å². The van der Waals surface area contributed by atoms with E-state index in [1.807, 2.05) is 66.9 Å². The Morgan fingerprint density at radius 2 is 1.77 bits per heavy atom. The van der Waals surface area contributed by atoms with Crippen LogP contribution in [0.1, 0.15) is 10.4 Å². The first-order valence-corrected chi connectivity index (χ1v) is 7.81. The third-order valence-corrected chi connectivity index (χ3v) is 3.79. The number of imidazole rings is 1. The van der Waals surface area contributed by atoms with E-state index in [-0.39, 0.29) is 18.3 Å². The van der Waals surface area contributed by atoms with Crippen LogP contribution in [-0.4, -0.2) is 21.7 Å². The smallest absolute Gasteiger partial charge is 0.257 e. The first-order chi connectivity index (χ1) is 10.3. The van der Waals surface area contributed by atoms with Gasteiger partial charge in [-0.1, -0.05) is 54.2 Å². The molecule has 0 unspecified atom stereocenters. The van der Waals surface area contributed by atoms with Crippen LogP contribution in [-0.2, 0) is 0 Å². The predicted molar refractivity (Wildman–Crippen MR) is 94.9 cm³/mol. The normalized spacial score (nSPS) is 10.8. The summed E-state index contributed by atoms with van der Waals surface area (Å²) in [5.74, 6) is -0.0862. The van der Waals surface area contributed by atoms with Crippen LogP contribution in [0.4, 0.5) is 0 Å². The van der Waals surface area contributed by atoms with Gasteiger partial charge in [-0.2, -0.15) is 0 Å². The van der Waals surface area contributed by atoms with Gasteiger partial charge in [0, 0.05) is 6.08 Å². The second-order valence-electron chi connectivity index (χ2n) is 4.50. The summed E-state index contributed by atoms with van der Waals surface area (Å²) in [5, 5.41) is 0.707. The van der Waals surface area contributed by atoms with E-state index in [0.29, 0.717) is 5.16 Å². The first kappa shape index (κ1) is 16.3.